The van der Waals surface area contributed by atoms with Gasteiger partial charge in [0.1, 0.15) is 12.6 Å². The van der Waals surface area contributed by atoms with Crippen LogP contribution in [-0.4, -0.2) is 26.7 Å². The lowest BCUT2D eigenvalue weighted by molar-refractivity contribution is -0.119. The number of anilines is 2. The lowest BCUT2D eigenvalue weighted by Crippen LogP contribution is -2.42. The molecule has 6 nitrogen and oxygen atoms in total. The van der Waals surface area contributed by atoms with Crippen molar-refractivity contribution in [1.82, 2.24) is 0 Å². The number of fused-ring (bicyclic) bond motifs is 1. The monoisotopic (exact) mass is 323 g/mol. The summed E-state index contributed by atoms with van der Waals surface area (Å²) < 4.78 is 10.6. The largest absolute Gasteiger partial charge is 0.493 e. The second-order valence-electron chi connectivity index (χ2n) is 5.29. The number of carbonyl (C=O) groups excluding carboxylic acids is 1. The fourth-order valence-corrected chi connectivity index (χ4v) is 2.80. The third kappa shape index (κ3) is 2.61. The van der Waals surface area contributed by atoms with Crippen molar-refractivity contribution in [2.75, 3.05) is 31.0 Å². The maximum absolute atomic E-state index is 12.9. The van der Waals surface area contributed by atoms with Crippen LogP contribution in [0.4, 0.5) is 11.4 Å². The molecule has 24 heavy (non-hydrogen) atoms. The number of hydrogen-bond acceptors (Lipinski definition) is 5. The highest BCUT2D eigenvalue weighted by Gasteiger charge is 2.34. The first-order valence-corrected chi connectivity index (χ1v) is 7.45. The fraction of sp³-hybridized carbons (Fsp3) is 0.222. The number of hydrogen-bond donors (Lipinski definition) is 1. The Kier molecular flexibility index (Phi) is 4.25. The summed E-state index contributed by atoms with van der Waals surface area (Å²) in [5.74, 6) is 0.885. The van der Waals surface area contributed by atoms with Crippen molar-refractivity contribution in [2.24, 2.45) is 0 Å². The molecule has 6 heteroatoms. The lowest BCUT2D eigenvalue weighted by Gasteiger charge is -2.34. The Labute approximate surface area is 140 Å². The predicted molar refractivity (Wildman–Crippen MR) is 90.3 cm³/mol. The maximum atomic E-state index is 12.9. The average molecular weight is 323 g/mol. The van der Waals surface area contributed by atoms with Gasteiger partial charge >= 0.3 is 0 Å². The summed E-state index contributed by atoms with van der Waals surface area (Å²) in [7, 11) is 3.09. The van der Waals surface area contributed by atoms with Gasteiger partial charge in [0.15, 0.2) is 11.5 Å². The smallest absolute Gasteiger partial charge is 0.255 e. The Bertz CT molecular complexity index is 799. The minimum Gasteiger partial charge on any atom is -0.493 e. The molecule has 3 rings (SSSR count). The lowest BCUT2D eigenvalue weighted by atomic mass is 10.0. The highest BCUT2D eigenvalue weighted by Crippen LogP contribution is 2.43. The van der Waals surface area contributed by atoms with Gasteiger partial charge in [0.25, 0.3) is 5.91 Å². The number of carbonyl (C=O) groups is 1. The summed E-state index contributed by atoms with van der Waals surface area (Å²) >= 11 is 0. The molecule has 0 spiro atoms. The number of methoxy groups -OCH3 is 2. The number of amides is 1. The Hall–Kier alpha value is -3.20. The Balaban J connectivity index is 2.11. The van der Waals surface area contributed by atoms with E-state index in [1.807, 2.05) is 30.3 Å². The molecule has 1 aliphatic rings. The number of ether oxygens (including phenoxy) is 2. The second kappa shape index (κ2) is 6.50. The fourth-order valence-electron chi connectivity index (χ4n) is 2.80. The first-order valence-electron chi connectivity index (χ1n) is 7.45. The number of nitrogens with zero attached hydrogens (tertiary/aromatic N) is 2. The van der Waals surface area contributed by atoms with E-state index in [1.54, 1.807) is 19.2 Å². The van der Waals surface area contributed by atoms with Gasteiger partial charge in [-0.05, 0) is 5.56 Å². The van der Waals surface area contributed by atoms with Crippen LogP contribution in [0, 0.1) is 11.3 Å². The molecular formula is C18H17N3O3. The quantitative estimate of drug-likeness (QED) is 0.876. The molecule has 0 aliphatic carbocycles. The average Bonchev–Trinajstić information content (AvgIpc) is 2.63. The van der Waals surface area contributed by atoms with E-state index >= 15 is 0 Å². The zero-order valence-electron chi connectivity index (χ0n) is 13.4. The van der Waals surface area contributed by atoms with E-state index in [9.17, 15) is 4.79 Å². The van der Waals surface area contributed by atoms with Crippen molar-refractivity contribution in [3.63, 3.8) is 0 Å². The van der Waals surface area contributed by atoms with Crippen LogP contribution < -0.4 is 19.7 Å². The van der Waals surface area contributed by atoms with E-state index in [0.717, 1.165) is 11.3 Å². The summed E-state index contributed by atoms with van der Waals surface area (Å²) in [4.78, 5) is 14.3. The van der Waals surface area contributed by atoms with E-state index in [1.165, 1.54) is 12.0 Å². The first-order chi connectivity index (χ1) is 11.7. The van der Waals surface area contributed by atoms with Crippen molar-refractivity contribution in [1.29, 1.82) is 5.26 Å². The maximum Gasteiger partial charge on any atom is 0.255 e. The molecule has 0 saturated heterocycles. The summed E-state index contributed by atoms with van der Waals surface area (Å²) in [6.07, 6.45) is 0. The molecule has 1 N–H and O–H groups in total. The number of benzene rings is 2. The molecule has 1 amide bonds. The highest BCUT2D eigenvalue weighted by molar-refractivity contribution is 6.06. The molecule has 0 saturated carbocycles. The van der Waals surface area contributed by atoms with Crippen molar-refractivity contribution < 1.29 is 14.3 Å². The van der Waals surface area contributed by atoms with Crippen LogP contribution in [0.1, 0.15) is 11.6 Å². The van der Waals surface area contributed by atoms with E-state index in [0.29, 0.717) is 17.2 Å². The summed E-state index contributed by atoms with van der Waals surface area (Å²) in [6.45, 7) is -0.0354. The zero-order valence-corrected chi connectivity index (χ0v) is 13.4. The van der Waals surface area contributed by atoms with Gasteiger partial charge in [-0.2, -0.15) is 5.26 Å². The molecule has 0 aromatic heterocycles. The predicted octanol–water partition coefficient (Wildman–Crippen LogP) is 2.73. The van der Waals surface area contributed by atoms with E-state index in [4.69, 9.17) is 14.7 Å². The molecule has 1 atom stereocenters. The van der Waals surface area contributed by atoms with Crippen LogP contribution in [-0.2, 0) is 4.79 Å². The summed E-state index contributed by atoms with van der Waals surface area (Å²) in [5, 5.41) is 12.4. The number of nitriles is 1. The van der Waals surface area contributed by atoms with Crippen molar-refractivity contribution in [3.05, 3.63) is 48.0 Å². The Morgan fingerprint density at radius 3 is 2.46 bits per heavy atom. The zero-order chi connectivity index (χ0) is 17.1. The molecule has 1 unspecified atom stereocenters. The molecule has 2 aromatic carbocycles. The van der Waals surface area contributed by atoms with Gasteiger partial charge in [-0.3, -0.25) is 9.69 Å². The van der Waals surface area contributed by atoms with Crippen LogP contribution in [0.3, 0.4) is 0 Å². The number of rotatable bonds is 4. The van der Waals surface area contributed by atoms with Gasteiger partial charge in [0.05, 0.1) is 31.7 Å². The third-order valence-corrected chi connectivity index (χ3v) is 3.97. The second-order valence-corrected chi connectivity index (χ2v) is 5.29. The van der Waals surface area contributed by atoms with Crippen LogP contribution in [0.5, 0.6) is 11.5 Å². The molecule has 1 heterocycles. The Morgan fingerprint density at radius 1 is 1.17 bits per heavy atom. The van der Waals surface area contributed by atoms with Crippen molar-refractivity contribution >= 4 is 17.3 Å². The van der Waals surface area contributed by atoms with Crippen LogP contribution in [0.25, 0.3) is 0 Å². The van der Waals surface area contributed by atoms with Crippen LogP contribution >= 0.6 is 0 Å². The Morgan fingerprint density at radius 2 is 1.83 bits per heavy atom. The van der Waals surface area contributed by atoms with Crippen LogP contribution in [0.2, 0.25) is 0 Å². The molecular weight excluding hydrogens is 306 g/mol. The van der Waals surface area contributed by atoms with Gasteiger partial charge in [0, 0.05) is 12.1 Å². The van der Waals surface area contributed by atoms with E-state index < -0.39 is 6.04 Å². The first kappa shape index (κ1) is 15.7. The molecule has 0 bridgehead atoms. The normalized spacial score (nSPS) is 16.0. The van der Waals surface area contributed by atoms with Crippen molar-refractivity contribution in [2.45, 2.75) is 6.04 Å². The standard InChI is InChI=1S/C18H17N3O3/c1-23-15-10-13-14(11-16(15)24-2)21(9-8-19)18(22)17(20-13)12-6-4-3-5-7-12/h3-7,10-11,17,20H,9H2,1-2H3. The minimum absolute atomic E-state index is 0.0354. The summed E-state index contributed by atoms with van der Waals surface area (Å²) in [5.41, 5.74) is 2.16. The van der Waals surface area contributed by atoms with Gasteiger partial charge in [-0.25, -0.2) is 0 Å². The van der Waals surface area contributed by atoms with Gasteiger partial charge in [-0.15, -0.1) is 0 Å². The minimum atomic E-state index is -0.551. The van der Waals surface area contributed by atoms with Crippen molar-refractivity contribution in [3.8, 4) is 17.6 Å². The SMILES string of the molecule is COc1cc2c(cc1OC)N(CC#N)C(=O)C(c1ccccc1)N2. The topological polar surface area (TPSA) is 74.6 Å². The van der Waals surface area contributed by atoms with Gasteiger partial charge in [-0.1, -0.05) is 30.3 Å². The molecule has 122 valence electrons. The highest BCUT2D eigenvalue weighted by atomic mass is 16.5. The van der Waals surface area contributed by atoms with Gasteiger partial charge < -0.3 is 14.8 Å². The summed E-state index contributed by atoms with van der Waals surface area (Å²) in [6, 6.07) is 14.4. The molecule has 0 radical (unpaired) electrons. The molecule has 0 fully saturated rings. The van der Waals surface area contributed by atoms with E-state index in [-0.39, 0.29) is 12.5 Å². The third-order valence-electron chi connectivity index (χ3n) is 3.97. The number of nitrogens with one attached hydrogen (secondary N) is 1. The van der Waals surface area contributed by atoms with Crippen LogP contribution in [0.15, 0.2) is 42.5 Å². The molecule has 2 aromatic rings. The van der Waals surface area contributed by atoms with E-state index in [2.05, 4.69) is 11.4 Å². The van der Waals surface area contributed by atoms with Gasteiger partial charge in [0.2, 0.25) is 0 Å². The molecule has 1 aliphatic heterocycles.